The molecular formula is C25H29N3O2S. The predicted molar refractivity (Wildman–Crippen MR) is 128 cm³/mol. The molecule has 0 N–H and O–H groups in total. The Kier molecular flexibility index (Phi) is 6.76. The van der Waals surface area contributed by atoms with E-state index in [9.17, 15) is 9.59 Å². The van der Waals surface area contributed by atoms with Gasteiger partial charge in [-0.25, -0.2) is 4.98 Å². The molecule has 0 saturated heterocycles. The Morgan fingerprint density at radius 2 is 1.81 bits per heavy atom. The summed E-state index contributed by atoms with van der Waals surface area (Å²) in [6, 6.07) is 15.6. The number of carbonyl (C=O) groups excluding carboxylic acids is 1. The van der Waals surface area contributed by atoms with Gasteiger partial charge in [-0.15, -0.1) is 0 Å². The average Bonchev–Trinajstić information content (AvgIpc) is 2.80. The van der Waals surface area contributed by atoms with E-state index in [4.69, 9.17) is 4.98 Å². The molecule has 2 aromatic carbocycles. The molecule has 1 aliphatic carbocycles. The Morgan fingerprint density at radius 1 is 1.10 bits per heavy atom. The Morgan fingerprint density at radius 3 is 2.55 bits per heavy atom. The van der Waals surface area contributed by atoms with Crippen LogP contribution in [0.2, 0.25) is 0 Å². The topological polar surface area (TPSA) is 55.2 Å². The summed E-state index contributed by atoms with van der Waals surface area (Å²) in [5, 5.41) is 1.31. The van der Waals surface area contributed by atoms with E-state index in [1.165, 1.54) is 18.2 Å². The van der Waals surface area contributed by atoms with Crippen molar-refractivity contribution in [2.45, 2.75) is 57.1 Å². The monoisotopic (exact) mass is 435 g/mol. The molecule has 5 nitrogen and oxygen atoms in total. The standard InChI is InChI=1S/C25H29N3O2S/c1-3-27(22-16-10-7-11-18(22)2)23(29)17-31-25-26-21-15-9-8-14-20(21)24(30)28(25)19-12-5-4-6-13-19/h7-11,14-16,19H,3-6,12-13,17H2,1-2H3. The highest BCUT2D eigenvalue weighted by atomic mass is 32.2. The summed E-state index contributed by atoms with van der Waals surface area (Å²) in [5.74, 6) is 0.277. The number of aromatic nitrogens is 2. The number of hydrogen-bond acceptors (Lipinski definition) is 4. The number of amides is 1. The number of benzene rings is 2. The summed E-state index contributed by atoms with van der Waals surface area (Å²) in [6.07, 6.45) is 5.46. The Hall–Kier alpha value is -2.60. The van der Waals surface area contributed by atoms with E-state index in [1.54, 1.807) is 0 Å². The lowest BCUT2D eigenvalue weighted by Gasteiger charge is -2.27. The van der Waals surface area contributed by atoms with E-state index < -0.39 is 0 Å². The van der Waals surface area contributed by atoms with Crippen LogP contribution in [-0.4, -0.2) is 27.8 Å². The molecule has 162 valence electrons. The first-order chi connectivity index (χ1) is 15.1. The van der Waals surface area contributed by atoms with E-state index in [0.717, 1.165) is 36.9 Å². The molecule has 1 saturated carbocycles. The molecule has 1 aromatic heterocycles. The van der Waals surface area contributed by atoms with Gasteiger partial charge in [0.05, 0.1) is 16.7 Å². The predicted octanol–water partition coefficient (Wildman–Crippen LogP) is 5.36. The maximum Gasteiger partial charge on any atom is 0.262 e. The van der Waals surface area contributed by atoms with Gasteiger partial charge in [-0.2, -0.15) is 0 Å². The van der Waals surface area contributed by atoms with Gasteiger partial charge in [0.1, 0.15) is 0 Å². The van der Waals surface area contributed by atoms with Crippen LogP contribution in [0, 0.1) is 6.92 Å². The molecule has 1 heterocycles. The van der Waals surface area contributed by atoms with Crippen LogP contribution in [0.5, 0.6) is 0 Å². The van der Waals surface area contributed by atoms with Gasteiger partial charge in [0.15, 0.2) is 5.16 Å². The van der Waals surface area contributed by atoms with Crippen LogP contribution in [0.3, 0.4) is 0 Å². The van der Waals surface area contributed by atoms with Crippen molar-refractivity contribution in [1.29, 1.82) is 0 Å². The maximum atomic E-state index is 13.4. The van der Waals surface area contributed by atoms with Crippen LogP contribution in [-0.2, 0) is 4.79 Å². The highest BCUT2D eigenvalue weighted by molar-refractivity contribution is 7.99. The lowest BCUT2D eigenvalue weighted by Crippen LogP contribution is -2.33. The summed E-state index contributed by atoms with van der Waals surface area (Å²) >= 11 is 1.38. The molecule has 0 bridgehead atoms. The zero-order valence-corrected chi connectivity index (χ0v) is 19.0. The molecule has 1 amide bonds. The van der Waals surface area contributed by atoms with E-state index >= 15 is 0 Å². The number of rotatable bonds is 6. The van der Waals surface area contributed by atoms with Crippen LogP contribution >= 0.6 is 11.8 Å². The fourth-order valence-electron chi connectivity index (χ4n) is 4.44. The summed E-state index contributed by atoms with van der Waals surface area (Å²) in [7, 11) is 0. The molecular weight excluding hydrogens is 406 g/mol. The number of para-hydroxylation sites is 2. The molecule has 6 heteroatoms. The van der Waals surface area contributed by atoms with Crippen LogP contribution in [0.4, 0.5) is 5.69 Å². The number of aryl methyl sites for hydroxylation is 1. The van der Waals surface area contributed by atoms with Crippen LogP contribution < -0.4 is 10.5 Å². The minimum atomic E-state index is 0.0127. The first-order valence-corrected chi connectivity index (χ1v) is 12.1. The number of thioether (sulfide) groups is 1. The second kappa shape index (κ2) is 9.69. The zero-order valence-electron chi connectivity index (χ0n) is 18.2. The van der Waals surface area contributed by atoms with Gasteiger partial charge < -0.3 is 4.90 Å². The fourth-order valence-corrected chi connectivity index (χ4v) is 5.38. The second-order valence-electron chi connectivity index (χ2n) is 8.09. The zero-order chi connectivity index (χ0) is 21.8. The van der Waals surface area contributed by atoms with Crippen molar-refractivity contribution in [3.8, 4) is 0 Å². The Bertz CT molecular complexity index is 1140. The SMILES string of the molecule is CCN(C(=O)CSc1nc2ccccc2c(=O)n1C1CCCCC1)c1ccccc1C. The number of hydrogen-bond donors (Lipinski definition) is 0. The minimum absolute atomic E-state index is 0.0127. The van der Waals surface area contributed by atoms with Gasteiger partial charge in [0, 0.05) is 18.3 Å². The van der Waals surface area contributed by atoms with E-state index in [0.29, 0.717) is 22.6 Å². The van der Waals surface area contributed by atoms with Crippen LogP contribution in [0.15, 0.2) is 58.5 Å². The third-order valence-electron chi connectivity index (χ3n) is 6.06. The van der Waals surface area contributed by atoms with Crippen molar-refractivity contribution in [2.75, 3.05) is 17.2 Å². The van der Waals surface area contributed by atoms with Crippen LogP contribution in [0.25, 0.3) is 10.9 Å². The molecule has 31 heavy (non-hydrogen) atoms. The fraction of sp³-hybridized carbons (Fsp3) is 0.400. The number of anilines is 1. The van der Waals surface area contributed by atoms with Crippen LogP contribution in [0.1, 0.15) is 50.6 Å². The van der Waals surface area contributed by atoms with Crippen molar-refractivity contribution in [3.63, 3.8) is 0 Å². The lowest BCUT2D eigenvalue weighted by atomic mass is 9.95. The minimum Gasteiger partial charge on any atom is -0.312 e. The Balaban J connectivity index is 1.65. The molecule has 0 spiro atoms. The average molecular weight is 436 g/mol. The van der Waals surface area contributed by atoms with E-state index in [1.807, 2.05) is 71.8 Å². The summed E-state index contributed by atoms with van der Waals surface area (Å²) < 4.78 is 1.86. The number of carbonyl (C=O) groups is 1. The largest absolute Gasteiger partial charge is 0.312 e. The summed E-state index contributed by atoms with van der Waals surface area (Å²) in [4.78, 5) is 33.1. The van der Waals surface area contributed by atoms with Crippen molar-refractivity contribution >= 4 is 34.3 Å². The Labute approximate surface area is 187 Å². The van der Waals surface area contributed by atoms with Crippen molar-refractivity contribution in [1.82, 2.24) is 9.55 Å². The van der Waals surface area contributed by atoms with Crippen molar-refractivity contribution in [3.05, 3.63) is 64.4 Å². The first-order valence-electron chi connectivity index (χ1n) is 11.1. The number of nitrogens with zero attached hydrogens (tertiary/aromatic N) is 3. The first kappa shape index (κ1) is 21.6. The molecule has 0 aliphatic heterocycles. The van der Waals surface area contributed by atoms with Crippen molar-refractivity contribution in [2.24, 2.45) is 0 Å². The lowest BCUT2D eigenvalue weighted by molar-refractivity contribution is -0.116. The van der Waals surface area contributed by atoms with Gasteiger partial charge in [0.25, 0.3) is 5.56 Å². The quantitative estimate of drug-likeness (QED) is 0.387. The summed E-state index contributed by atoms with van der Waals surface area (Å²) in [5.41, 5.74) is 2.72. The van der Waals surface area contributed by atoms with Gasteiger partial charge in [-0.05, 0) is 50.5 Å². The van der Waals surface area contributed by atoms with Crippen molar-refractivity contribution < 1.29 is 4.79 Å². The van der Waals surface area contributed by atoms with Gasteiger partial charge in [0.2, 0.25) is 5.91 Å². The molecule has 0 unspecified atom stereocenters. The third-order valence-corrected chi connectivity index (χ3v) is 7.00. The highest BCUT2D eigenvalue weighted by Crippen LogP contribution is 2.31. The molecule has 0 radical (unpaired) electrons. The third kappa shape index (κ3) is 4.54. The molecule has 3 aromatic rings. The molecule has 4 rings (SSSR count). The normalized spacial score (nSPS) is 14.6. The summed E-state index contributed by atoms with van der Waals surface area (Å²) in [6.45, 7) is 4.61. The molecule has 1 aliphatic rings. The van der Waals surface area contributed by atoms with Gasteiger partial charge in [-0.1, -0.05) is 61.4 Å². The molecule has 1 fully saturated rings. The maximum absolute atomic E-state index is 13.4. The highest BCUT2D eigenvalue weighted by Gasteiger charge is 2.23. The van der Waals surface area contributed by atoms with Gasteiger partial charge >= 0.3 is 0 Å². The number of fused-ring (bicyclic) bond motifs is 1. The van der Waals surface area contributed by atoms with Gasteiger partial charge in [-0.3, -0.25) is 14.2 Å². The van der Waals surface area contributed by atoms with E-state index in [-0.39, 0.29) is 23.3 Å². The smallest absolute Gasteiger partial charge is 0.262 e. The van der Waals surface area contributed by atoms with E-state index in [2.05, 4.69) is 0 Å². The molecule has 0 atom stereocenters. The second-order valence-corrected chi connectivity index (χ2v) is 9.03.